The molecule has 1 heterocycles. The van der Waals surface area contributed by atoms with Crippen molar-refractivity contribution in [1.82, 2.24) is 5.32 Å². The van der Waals surface area contributed by atoms with E-state index in [1.165, 1.54) is 9.75 Å². The van der Waals surface area contributed by atoms with E-state index in [0.717, 1.165) is 25.1 Å². The molecule has 0 aliphatic heterocycles. The van der Waals surface area contributed by atoms with E-state index in [1.807, 2.05) is 18.2 Å². The zero-order valence-electron chi connectivity index (χ0n) is 10.2. The number of thiophene rings is 1. The molecule has 0 saturated heterocycles. The van der Waals surface area contributed by atoms with Crippen molar-refractivity contribution in [1.29, 1.82) is 0 Å². The van der Waals surface area contributed by atoms with Gasteiger partial charge in [0.25, 0.3) is 0 Å². The molecule has 0 bridgehead atoms. The van der Waals surface area contributed by atoms with Gasteiger partial charge in [-0.25, -0.2) is 0 Å². The summed E-state index contributed by atoms with van der Waals surface area (Å²) in [6.07, 6.45) is 1.16. The fourth-order valence-electron chi connectivity index (χ4n) is 1.67. The Morgan fingerprint density at radius 1 is 1.11 bits per heavy atom. The largest absolute Gasteiger partial charge is 0.312 e. The van der Waals surface area contributed by atoms with Crippen molar-refractivity contribution in [3.8, 4) is 10.4 Å². The predicted octanol–water partition coefficient (Wildman–Crippen LogP) is 5.22. The van der Waals surface area contributed by atoms with Crippen molar-refractivity contribution in [3.05, 3.63) is 45.3 Å². The Morgan fingerprint density at radius 3 is 2.67 bits per heavy atom. The zero-order valence-corrected chi connectivity index (χ0v) is 12.5. The first-order chi connectivity index (χ1) is 8.70. The fraction of sp³-hybridized carbons (Fsp3) is 0.286. The number of rotatable bonds is 5. The molecule has 4 heteroatoms. The minimum atomic E-state index is 0.599. The van der Waals surface area contributed by atoms with Crippen molar-refractivity contribution in [3.63, 3.8) is 0 Å². The zero-order chi connectivity index (χ0) is 13.0. The summed E-state index contributed by atoms with van der Waals surface area (Å²) in [4.78, 5) is 2.56. The number of hydrogen-bond acceptors (Lipinski definition) is 2. The van der Waals surface area contributed by atoms with Crippen molar-refractivity contribution in [2.24, 2.45) is 0 Å². The van der Waals surface area contributed by atoms with Crippen LogP contribution in [0.5, 0.6) is 0 Å². The van der Waals surface area contributed by atoms with Crippen LogP contribution in [-0.2, 0) is 6.54 Å². The molecule has 18 heavy (non-hydrogen) atoms. The van der Waals surface area contributed by atoms with Gasteiger partial charge in [0.2, 0.25) is 0 Å². The molecule has 0 saturated carbocycles. The maximum Gasteiger partial charge on any atom is 0.0598 e. The second kappa shape index (κ2) is 6.58. The molecule has 0 atom stereocenters. The van der Waals surface area contributed by atoms with Crippen LogP contribution in [0.4, 0.5) is 0 Å². The van der Waals surface area contributed by atoms with Gasteiger partial charge in [0, 0.05) is 16.3 Å². The number of benzene rings is 1. The first kappa shape index (κ1) is 13.9. The average molecular weight is 300 g/mol. The second-order valence-electron chi connectivity index (χ2n) is 4.07. The molecule has 0 fully saturated rings. The molecule has 2 rings (SSSR count). The summed E-state index contributed by atoms with van der Waals surface area (Å²) >= 11 is 13.7. The summed E-state index contributed by atoms with van der Waals surface area (Å²) in [5, 5.41) is 4.60. The lowest BCUT2D eigenvalue weighted by Crippen LogP contribution is -2.12. The van der Waals surface area contributed by atoms with E-state index in [0.29, 0.717) is 10.0 Å². The van der Waals surface area contributed by atoms with Crippen LogP contribution in [0.3, 0.4) is 0 Å². The van der Waals surface area contributed by atoms with Gasteiger partial charge in [0.1, 0.15) is 0 Å². The summed E-state index contributed by atoms with van der Waals surface area (Å²) in [5.41, 5.74) is 1.12. The standard InChI is InChI=1S/C14H15Cl2NS/c1-2-7-17-9-11-4-6-14(18-11)10-3-5-12(15)13(16)8-10/h3-6,8,17H,2,7,9H2,1H3. The summed E-state index contributed by atoms with van der Waals surface area (Å²) < 4.78 is 0. The van der Waals surface area contributed by atoms with Crippen LogP contribution in [0, 0.1) is 0 Å². The van der Waals surface area contributed by atoms with Gasteiger partial charge in [-0.3, -0.25) is 0 Å². The van der Waals surface area contributed by atoms with E-state index < -0.39 is 0 Å². The normalized spacial score (nSPS) is 10.8. The molecule has 96 valence electrons. The molecule has 1 aromatic carbocycles. The van der Waals surface area contributed by atoms with Gasteiger partial charge in [-0.1, -0.05) is 36.2 Å². The van der Waals surface area contributed by atoms with E-state index in [9.17, 15) is 0 Å². The highest BCUT2D eigenvalue weighted by Gasteiger charge is 2.05. The van der Waals surface area contributed by atoms with Gasteiger partial charge in [0.15, 0.2) is 0 Å². The highest BCUT2D eigenvalue weighted by molar-refractivity contribution is 7.15. The van der Waals surface area contributed by atoms with E-state index in [4.69, 9.17) is 23.2 Å². The molecule has 0 spiro atoms. The Morgan fingerprint density at radius 2 is 1.94 bits per heavy atom. The van der Waals surface area contributed by atoms with Crippen LogP contribution < -0.4 is 5.32 Å². The third-order valence-corrected chi connectivity index (χ3v) is 4.47. The highest BCUT2D eigenvalue weighted by atomic mass is 35.5. The molecule has 0 aliphatic rings. The highest BCUT2D eigenvalue weighted by Crippen LogP contribution is 2.32. The van der Waals surface area contributed by atoms with Crippen LogP contribution in [0.15, 0.2) is 30.3 Å². The first-order valence-electron chi connectivity index (χ1n) is 5.95. The lowest BCUT2D eigenvalue weighted by Gasteiger charge is -2.01. The molecule has 1 nitrogen and oxygen atoms in total. The molecule has 1 aromatic heterocycles. The van der Waals surface area contributed by atoms with E-state index in [-0.39, 0.29) is 0 Å². The van der Waals surface area contributed by atoms with Crippen LogP contribution in [0.25, 0.3) is 10.4 Å². The first-order valence-corrected chi connectivity index (χ1v) is 7.53. The van der Waals surface area contributed by atoms with Crippen LogP contribution in [0.2, 0.25) is 10.0 Å². The van der Waals surface area contributed by atoms with Crippen LogP contribution in [-0.4, -0.2) is 6.54 Å². The fourth-order valence-corrected chi connectivity index (χ4v) is 2.94. The molecule has 0 aliphatic carbocycles. The Labute approximate surface area is 122 Å². The third-order valence-electron chi connectivity index (χ3n) is 2.59. The van der Waals surface area contributed by atoms with Gasteiger partial charge in [-0.05, 0) is 42.8 Å². The smallest absolute Gasteiger partial charge is 0.0598 e. The van der Waals surface area contributed by atoms with Crippen molar-refractivity contribution >= 4 is 34.5 Å². The predicted molar refractivity (Wildman–Crippen MR) is 81.8 cm³/mol. The number of hydrogen-bond donors (Lipinski definition) is 1. The Hall–Kier alpha value is -0.540. The molecular weight excluding hydrogens is 285 g/mol. The molecule has 0 amide bonds. The maximum atomic E-state index is 6.03. The van der Waals surface area contributed by atoms with Gasteiger partial charge < -0.3 is 5.32 Å². The Bertz CT molecular complexity index is 522. The number of nitrogens with one attached hydrogen (secondary N) is 1. The van der Waals surface area contributed by atoms with Gasteiger partial charge >= 0.3 is 0 Å². The summed E-state index contributed by atoms with van der Waals surface area (Å²) in [7, 11) is 0. The Balaban J connectivity index is 2.11. The second-order valence-corrected chi connectivity index (χ2v) is 6.05. The summed E-state index contributed by atoms with van der Waals surface area (Å²) in [5.74, 6) is 0. The van der Waals surface area contributed by atoms with E-state index in [1.54, 1.807) is 11.3 Å². The van der Waals surface area contributed by atoms with Crippen molar-refractivity contribution < 1.29 is 0 Å². The topological polar surface area (TPSA) is 12.0 Å². The Kier molecular flexibility index (Phi) is 5.07. The molecule has 2 aromatic rings. The summed E-state index contributed by atoms with van der Waals surface area (Å²) in [6, 6.07) is 10.1. The minimum absolute atomic E-state index is 0.599. The van der Waals surface area contributed by atoms with Crippen LogP contribution >= 0.6 is 34.5 Å². The minimum Gasteiger partial charge on any atom is -0.312 e. The van der Waals surface area contributed by atoms with E-state index >= 15 is 0 Å². The van der Waals surface area contributed by atoms with E-state index in [2.05, 4.69) is 24.4 Å². The SMILES string of the molecule is CCCNCc1ccc(-c2ccc(Cl)c(Cl)c2)s1. The van der Waals surface area contributed by atoms with Gasteiger partial charge in [-0.2, -0.15) is 0 Å². The summed E-state index contributed by atoms with van der Waals surface area (Å²) in [6.45, 7) is 4.16. The van der Waals surface area contributed by atoms with Crippen molar-refractivity contribution in [2.45, 2.75) is 19.9 Å². The molecule has 0 unspecified atom stereocenters. The molecular formula is C14H15Cl2NS. The quantitative estimate of drug-likeness (QED) is 0.746. The lowest BCUT2D eigenvalue weighted by molar-refractivity contribution is 0.681. The molecule has 1 N–H and O–H groups in total. The molecule has 0 radical (unpaired) electrons. The third kappa shape index (κ3) is 3.48. The van der Waals surface area contributed by atoms with Crippen molar-refractivity contribution in [2.75, 3.05) is 6.54 Å². The van der Waals surface area contributed by atoms with Gasteiger partial charge in [0.05, 0.1) is 10.0 Å². The lowest BCUT2D eigenvalue weighted by atomic mass is 10.2. The number of halogens is 2. The monoisotopic (exact) mass is 299 g/mol. The maximum absolute atomic E-state index is 6.03. The van der Waals surface area contributed by atoms with Gasteiger partial charge in [-0.15, -0.1) is 11.3 Å². The average Bonchev–Trinajstić information content (AvgIpc) is 2.82. The van der Waals surface area contributed by atoms with Crippen LogP contribution in [0.1, 0.15) is 18.2 Å².